The molecule has 0 radical (unpaired) electrons. The lowest BCUT2D eigenvalue weighted by Gasteiger charge is -2.22. The van der Waals surface area contributed by atoms with Gasteiger partial charge in [0.1, 0.15) is 5.75 Å². The van der Waals surface area contributed by atoms with Gasteiger partial charge in [0.2, 0.25) is 11.8 Å². The Labute approximate surface area is 259 Å². The highest BCUT2D eigenvalue weighted by atomic mass is 16.5. The van der Waals surface area contributed by atoms with Gasteiger partial charge in [0.05, 0.1) is 18.4 Å². The summed E-state index contributed by atoms with van der Waals surface area (Å²) in [5.41, 5.74) is 10.7. The molecular weight excluding hydrogens is 552 g/mol. The first-order valence-electron chi connectivity index (χ1n) is 14.8. The first-order valence-corrected chi connectivity index (χ1v) is 14.8. The van der Waals surface area contributed by atoms with E-state index in [-0.39, 0.29) is 30.8 Å². The Morgan fingerprint density at radius 1 is 0.682 bits per heavy atom. The molecule has 0 aliphatic heterocycles. The number of hydrogen-bond donors (Lipinski definition) is 4. The van der Waals surface area contributed by atoms with Crippen LogP contribution in [0.15, 0.2) is 103 Å². The Balaban J connectivity index is 1.48. The van der Waals surface area contributed by atoms with Crippen LogP contribution in [0.2, 0.25) is 0 Å². The predicted molar refractivity (Wildman–Crippen MR) is 172 cm³/mol. The van der Waals surface area contributed by atoms with Crippen molar-refractivity contribution < 1.29 is 19.1 Å². The molecule has 8 nitrogen and oxygen atoms in total. The molecule has 0 unspecified atom stereocenters. The van der Waals surface area contributed by atoms with E-state index in [4.69, 9.17) is 10.5 Å². The highest BCUT2D eigenvalue weighted by Gasteiger charge is 2.26. The number of nitrogens with one attached hydrogen (secondary N) is 3. The van der Waals surface area contributed by atoms with Crippen molar-refractivity contribution in [3.8, 4) is 5.75 Å². The van der Waals surface area contributed by atoms with Gasteiger partial charge in [0.15, 0.2) is 0 Å². The van der Waals surface area contributed by atoms with E-state index in [0.717, 1.165) is 27.8 Å². The molecule has 0 aromatic heterocycles. The standard InChI is InChI=1S/C36H40N4O4/c1-3-44-31-19-17-29(18-20-31)33(23-39-34(41)30-15-9-25(2)10-16-30)36(43)40-24-32(28-7-5-4-6-8-28)35(42)38-22-27-13-11-26(21-37)12-14-27/h4-20,32-33H,3,21-24,37H2,1-2H3,(H,38,42)(H,39,41)(H,40,43)/t32-,33+/m0/s1. The summed E-state index contributed by atoms with van der Waals surface area (Å²) in [7, 11) is 0. The Hall–Kier alpha value is -4.95. The molecular formula is C36H40N4O4. The molecule has 228 valence electrons. The largest absolute Gasteiger partial charge is 0.494 e. The number of aryl methyl sites for hydroxylation is 1. The topological polar surface area (TPSA) is 123 Å². The van der Waals surface area contributed by atoms with Gasteiger partial charge in [0, 0.05) is 31.7 Å². The fourth-order valence-electron chi connectivity index (χ4n) is 4.81. The third kappa shape index (κ3) is 9.02. The summed E-state index contributed by atoms with van der Waals surface area (Å²) in [5.74, 6) is -1.39. The average molecular weight is 593 g/mol. The SMILES string of the molecule is CCOc1ccc([C@@H](CNC(=O)c2ccc(C)cc2)C(=O)NC[C@H](C(=O)NCc2ccc(CN)cc2)c2ccccc2)cc1. The van der Waals surface area contributed by atoms with Gasteiger partial charge in [0.25, 0.3) is 5.91 Å². The van der Waals surface area contributed by atoms with Gasteiger partial charge in [-0.25, -0.2) is 0 Å². The van der Waals surface area contributed by atoms with Crippen molar-refractivity contribution >= 4 is 17.7 Å². The highest BCUT2D eigenvalue weighted by Crippen LogP contribution is 2.21. The lowest BCUT2D eigenvalue weighted by molar-refractivity contribution is -0.124. The molecule has 2 atom stereocenters. The predicted octanol–water partition coefficient (Wildman–Crippen LogP) is 4.58. The molecule has 0 bridgehead atoms. The second kappa shape index (κ2) is 16.0. The fraction of sp³-hybridized carbons (Fsp3) is 0.250. The van der Waals surface area contributed by atoms with Crippen LogP contribution in [-0.4, -0.2) is 37.4 Å². The van der Waals surface area contributed by atoms with E-state index in [1.807, 2.05) is 92.7 Å². The molecule has 8 heteroatoms. The lowest BCUT2D eigenvalue weighted by atomic mass is 9.95. The van der Waals surface area contributed by atoms with Crippen LogP contribution in [-0.2, 0) is 22.7 Å². The van der Waals surface area contributed by atoms with Gasteiger partial charge in [-0.05, 0) is 60.4 Å². The number of ether oxygens (including phenoxy) is 1. The van der Waals surface area contributed by atoms with Crippen molar-refractivity contribution in [2.75, 3.05) is 19.7 Å². The van der Waals surface area contributed by atoms with E-state index in [2.05, 4.69) is 16.0 Å². The Morgan fingerprint density at radius 2 is 1.25 bits per heavy atom. The third-order valence-corrected chi connectivity index (χ3v) is 7.41. The van der Waals surface area contributed by atoms with Crippen LogP contribution in [0, 0.1) is 6.92 Å². The molecule has 5 N–H and O–H groups in total. The summed E-state index contributed by atoms with van der Waals surface area (Å²) >= 11 is 0. The maximum absolute atomic E-state index is 13.7. The van der Waals surface area contributed by atoms with Crippen LogP contribution in [0.5, 0.6) is 5.75 Å². The molecule has 0 spiro atoms. The zero-order chi connectivity index (χ0) is 31.3. The Bertz CT molecular complexity index is 1510. The van der Waals surface area contributed by atoms with Crippen molar-refractivity contribution in [1.82, 2.24) is 16.0 Å². The number of carbonyl (C=O) groups excluding carboxylic acids is 3. The van der Waals surface area contributed by atoms with Crippen LogP contribution in [0.3, 0.4) is 0 Å². The van der Waals surface area contributed by atoms with Gasteiger partial charge < -0.3 is 26.4 Å². The molecule has 4 aromatic carbocycles. The number of hydrogen-bond acceptors (Lipinski definition) is 5. The molecule has 44 heavy (non-hydrogen) atoms. The Kier molecular flexibility index (Phi) is 11.7. The third-order valence-electron chi connectivity index (χ3n) is 7.41. The Morgan fingerprint density at radius 3 is 1.86 bits per heavy atom. The van der Waals surface area contributed by atoms with E-state index in [1.54, 1.807) is 24.3 Å². The number of rotatable bonds is 14. The molecule has 3 amide bonds. The quantitative estimate of drug-likeness (QED) is 0.171. The summed E-state index contributed by atoms with van der Waals surface area (Å²) in [6.45, 7) is 5.35. The maximum Gasteiger partial charge on any atom is 0.251 e. The van der Waals surface area contributed by atoms with E-state index in [1.165, 1.54) is 0 Å². The summed E-state index contributed by atoms with van der Waals surface area (Å²) < 4.78 is 5.57. The van der Waals surface area contributed by atoms with Crippen molar-refractivity contribution in [2.45, 2.75) is 38.8 Å². The molecule has 0 aliphatic rings. The van der Waals surface area contributed by atoms with E-state index < -0.39 is 11.8 Å². The summed E-state index contributed by atoms with van der Waals surface area (Å²) in [5, 5.41) is 8.90. The summed E-state index contributed by atoms with van der Waals surface area (Å²) in [6.07, 6.45) is 0. The highest BCUT2D eigenvalue weighted by molar-refractivity contribution is 5.95. The van der Waals surface area contributed by atoms with Crippen LogP contribution < -0.4 is 26.4 Å². The first kappa shape index (κ1) is 32.0. The molecule has 0 aliphatic carbocycles. The molecule has 4 rings (SSSR count). The molecule has 0 saturated heterocycles. The number of amides is 3. The number of benzene rings is 4. The van der Waals surface area contributed by atoms with Gasteiger partial charge in [-0.2, -0.15) is 0 Å². The van der Waals surface area contributed by atoms with Crippen LogP contribution in [0.25, 0.3) is 0 Å². The monoisotopic (exact) mass is 592 g/mol. The van der Waals surface area contributed by atoms with E-state index in [0.29, 0.717) is 31.0 Å². The number of nitrogens with two attached hydrogens (primary N) is 1. The minimum atomic E-state index is -0.694. The van der Waals surface area contributed by atoms with Crippen LogP contribution >= 0.6 is 0 Å². The van der Waals surface area contributed by atoms with Crippen molar-refractivity contribution in [3.05, 3.63) is 137 Å². The second-order valence-corrected chi connectivity index (χ2v) is 10.6. The minimum Gasteiger partial charge on any atom is -0.494 e. The fourth-order valence-corrected chi connectivity index (χ4v) is 4.81. The first-order chi connectivity index (χ1) is 21.4. The number of carbonyl (C=O) groups is 3. The van der Waals surface area contributed by atoms with Gasteiger partial charge >= 0.3 is 0 Å². The van der Waals surface area contributed by atoms with Gasteiger partial charge in [-0.1, -0.05) is 84.4 Å². The van der Waals surface area contributed by atoms with Crippen molar-refractivity contribution in [2.24, 2.45) is 5.73 Å². The van der Waals surface area contributed by atoms with Gasteiger partial charge in [-0.15, -0.1) is 0 Å². The van der Waals surface area contributed by atoms with Crippen LogP contribution in [0.1, 0.15) is 56.9 Å². The van der Waals surface area contributed by atoms with E-state index >= 15 is 0 Å². The second-order valence-electron chi connectivity index (χ2n) is 10.6. The van der Waals surface area contributed by atoms with E-state index in [9.17, 15) is 14.4 Å². The normalized spacial score (nSPS) is 12.1. The van der Waals surface area contributed by atoms with Crippen LogP contribution in [0.4, 0.5) is 0 Å². The smallest absolute Gasteiger partial charge is 0.251 e. The lowest BCUT2D eigenvalue weighted by Crippen LogP contribution is -2.41. The molecule has 4 aromatic rings. The molecule has 0 saturated carbocycles. The van der Waals surface area contributed by atoms with Crippen molar-refractivity contribution in [3.63, 3.8) is 0 Å². The summed E-state index contributed by atoms with van der Waals surface area (Å²) in [6, 6.07) is 31.6. The summed E-state index contributed by atoms with van der Waals surface area (Å²) in [4.78, 5) is 40.0. The zero-order valence-electron chi connectivity index (χ0n) is 25.2. The molecule has 0 heterocycles. The minimum absolute atomic E-state index is 0.0769. The zero-order valence-corrected chi connectivity index (χ0v) is 25.2. The molecule has 0 fully saturated rings. The van der Waals surface area contributed by atoms with Crippen molar-refractivity contribution in [1.29, 1.82) is 0 Å². The van der Waals surface area contributed by atoms with Gasteiger partial charge in [-0.3, -0.25) is 14.4 Å². The average Bonchev–Trinajstić information content (AvgIpc) is 3.05. The maximum atomic E-state index is 13.7.